The van der Waals surface area contributed by atoms with E-state index in [-0.39, 0.29) is 30.7 Å². The summed E-state index contributed by atoms with van der Waals surface area (Å²) in [4.78, 5) is 18.4. The molecule has 2 aliphatic heterocycles. The van der Waals surface area contributed by atoms with Gasteiger partial charge in [-0.05, 0) is 44.0 Å². The van der Waals surface area contributed by atoms with Crippen molar-refractivity contribution in [3.05, 3.63) is 29.6 Å². The van der Waals surface area contributed by atoms with Crippen LogP contribution < -0.4 is 5.32 Å². The molecule has 0 radical (unpaired) electrons. The van der Waals surface area contributed by atoms with Gasteiger partial charge in [-0.15, -0.1) is 24.8 Å². The molecule has 3 rings (SSSR count). The van der Waals surface area contributed by atoms with E-state index in [4.69, 9.17) is 0 Å². The average molecular weight is 304 g/mol. The molecule has 3 heterocycles. The Morgan fingerprint density at radius 1 is 1.32 bits per heavy atom. The molecule has 0 aromatic carbocycles. The first-order valence-electron chi connectivity index (χ1n) is 6.28. The third kappa shape index (κ3) is 3.38. The van der Waals surface area contributed by atoms with Crippen LogP contribution in [0.5, 0.6) is 0 Å². The summed E-state index contributed by atoms with van der Waals surface area (Å²) in [6.45, 7) is 3.74. The van der Waals surface area contributed by atoms with Crippen LogP contribution in [0.2, 0.25) is 0 Å². The van der Waals surface area contributed by atoms with Crippen LogP contribution in [0.1, 0.15) is 28.9 Å². The summed E-state index contributed by atoms with van der Waals surface area (Å²) in [6, 6.07) is 3.72. The topological polar surface area (TPSA) is 45.2 Å². The first-order valence-corrected chi connectivity index (χ1v) is 6.28. The van der Waals surface area contributed by atoms with Crippen LogP contribution in [0.4, 0.5) is 0 Å². The number of nitrogens with one attached hydrogen (secondary N) is 1. The Morgan fingerprint density at radius 3 is 2.74 bits per heavy atom. The zero-order chi connectivity index (χ0) is 11.7. The van der Waals surface area contributed by atoms with Crippen LogP contribution in [0.25, 0.3) is 0 Å². The summed E-state index contributed by atoms with van der Waals surface area (Å²) in [5.41, 5.74) is 1.73. The van der Waals surface area contributed by atoms with E-state index >= 15 is 0 Å². The normalized spacial score (nSPS) is 18.5. The average Bonchev–Trinajstić information content (AvgIpc) is 2.68. The highest BCUT2D eigenvalue weighted by atomic mass is 35.5. The van der Waals surface area contributed by atoms with Gasteiger partial charge >= 0.3 is 0 Å². The molecule has 1 saturated heterocycles. The molecule has 1 fully saturated rings. The predicted octanol–water partition coefficient (Wildman–Crippen LogP) is 1.88. The number of nitrogens with zero attached hydrogens (tertiary/aromatic N) is 2. The Kier molecular flexibility index (Phi) is 6.04. The number of carbonyl (C=O) groups is 1. The van der Waals surface area contributed by atoms with Gasteiger partial charge in [0.05, 0.1) is 17.8 Å². The lowest BCUT2D eigenvalue weighted by Crippen LogP contribution is -2.36. The minimum Gasteiger partial charge on any atom is -0.332 e. The minimum atomic E-state index is 0. The molecule has 0 atom stereocenters. The summed E-state index contributed by atoms with van der Waals surface area (Å²) in [5.74, 6) is 0.807. The summed E-state index contributed by atoms with van der Waals surface area (Å²) in [7, 11) is 0. The maximum absolute atomic E-state index is 12.1. The number of carbonyl (C=O) groups excluding carboxylic acids is 1. The fourth-order valence-corrected chi connectivity index (χ4v) is 2.71. The molecular weight excluding hydrogens is 285 g/mol. The molecule has 0 bridgehead atoms. The van der Waals surface area contributed by atoms with E-state index in [2.05, 4.69) is 10.3 Å². The first-order chi connectivity index (χ1) is 8.34. The third-order valence-electron chi connectivity index (χ3n) is 3.69. The largest absolute Gasteiger partial charge is 0.332 e. The van der Waals surface area contributed by atoms with Gasteiger partial charge in [-0.25, -0.2) is 0 Å². The second-order valence-electron chi connectivity index (χ2n) is 4.88. The predicted molar refractivity (Wildman–Crippen MR) is 79.1 cm³/mol. The van der Waals surface area contributed by atoms with E-state index in [9.17, 15) is 4.79 Å². The monoisotopic (exact) mass is 303 g/mol. The number of piperidine rings is 1. The lowest BCUT2D eigenvalue weighted by atomic mass is 9.98. The second kappa shape index (κ2) is 7.08. The maximum Gasteiger partial charge on any atom is 0.256 e. The molecule has 2 aliphatic rings. The highest BCUT2D eigenvalue weighted by molar-refractivity contribution is 5.97. The second-order valence-corrected chi connectivity index (χ2v) is 4.88. The Bertz CT molecular complexity index is 436. The Balaban J connectivity index is 0.000000902. The molecule has 0 spiro atoms. The molecule has 19 heavy (non-hydrogen) atoms. The van der Waals surface area contributed by atoms with E-state index in [1.165, 1.54) is 12.8 Å². The quantitative estimate of drug-likeness (QED) is 0.907. The number of aromatic nitrogens is 1. The molecule has 0 saturated carbocycles. The fourth-order valence-electron chi connectivity index (χ4n) is 2.71. The molecule has 1 amide bonds. The number of hydrogen-bond donors (Lipinski definition) is 1. The van der Waals surface area contributed by atoms with E-state index in [1.54, 1.807) is 6.20 Å². The Hall–Kier alpha value is -0.840. The van der Waals surface area contributed by atoms with Crippen molar-refractivity contribution in [2.45, 2.75) is 19.4 Å². The van der Waals surface area contributed by atoms with Gasteiger partial charge in [0, 0.05) is 12.7 Å². The summed E-state index contributed by atoms with van der Waals surface area (Å²) >= 11 is 0. The first kappa shape index (κ1) is 16.2. The van der Waals surface area contributed by atoms with E-state index < -0.39 is 0 Å². The van der Waals surface area contributed by atoms with Gasteiger partial charge in [0.15, 0.2) is 0 Å². The van der Waals surface area contributed by atoms with Crippen molar-refractivity contribution in [3.63, 3.8) is 0 Å². The van der Waals surface area contributed by atoms with Crippen molar-refractivity contribution in [3.8, 4) is 0 Å². The number of hydrogen-bond acceptors (Lipinski definition) is 3. The lowest BCUT2D eigenvalue weighted by Gasteiger charge is -2.27. The van der Waals surface area contributed by atoms with E-state index in [0.717, 1.165) is 30.9 Å². The number of halogens is 2. The Labute approximate surface area is 125 Å². The summed E-state index contributed by atoms with van der Waals surface area (Å²) < 4.78 is 0. The standard InChI is InChI=1S/C13H17N3O.2ClH/c17-13-11-2-1-5-15-12(11)9-16(13)8-10-3-6-14-7-4-10;;/h1-2,5,10,14H,3-4,6-9H2;2*1H. The van der Waals surface area contributed by atoms with Gasteiger partial charge in [0.25, 0.3) is 5.91 Å². The molecule has 1 aromatic rings. The van der Waals surface area contributed by atoms with Crippen molar-refractivity contribution in [1.29, 1.82) is 0 Å². The zero-order valence-corrected chi connectivity index (χ0v) is 12.3. The summed E-state index contributed by atoms with van der Waals surface area (Å²) in [5, 5.41) is 3.35. The van der Waals surface area contributed by atoms with Gasteiger partial charge in [-0.2, -0.15) is 0 Å². The number of pyridine rings is 1. The van der Waals surface area contributed by atoms with Gasteiger partial charge in [-0.1, -0.05) is 0 Å². The summed E-state index contributed by atoms with van der Waals surface area (Å²) in [6.07, 6.45) is 4.11. The van der Waals surface area contributed by atoms with E-state index in [0.29, 0.717) is 12.5 Å². The molecule has 6 heteroatoms. The lowest BCUT2D eigenvalue weighted by molar-refractivity contribution is 0.0740. The smallest absolute Gasteiger partial charge is 0.256 e. The van der Waals surface area contributed by atoms with Gasteiger partial charge in [0.2, 0.25) is 0 Å². The van der Waals surface area contributed by atoms with Crippen LogP contribution in [-0.4, -0.2) is 35.4 Å². The van der Waals surface area contributed by atoms with Gasteiger partial charge < -0.3 is 10.2 Å². The third-order valence-corrected chi connectivity index (χ3v) is 3.69. The van der Waals surface area contributed by atoms with Gasteiger partial charge in [-0.3, -0.25) is 9.78 Å². The van der Waals surface area contributed by atoms with Crippen LogP contribution in [-0.2, 0) is 6.54 Å². The van der Waals surface area contributed by atoms with Crippen LogP contribution in [0.3, 0.4) is 0 Å². The van der Waals surface area contributed by atoms with Crippen LogP contribution in [0.15, 0.2) is 18.3 Å². The van der Waals surface area contributed by atoms with Crippen molar-refractivity contribution < 1.29 is 4.79 Å². The maximum atomic E-state index is 12.1. The molecule has 0 unspecified atom stereocenters. The van der Waals surface area contributed by atoms with Gasteiger partial charge in [0.1, 0.15) is 0 Å². The molecule has 1 aromatic heterocycles. The SMILES string of the molecule is Cl.Cl.O=C1c2cccnc2CN1CC1CCNCC1. The fraction of sp³-hybridized carbons (Fsp3) is 0.538. The minimum absolute atomic E-state index is 0. The van der Waals surface area contributed by atoms with Crippen molar-refractivity contribution in [1.82, 2.24) is 15.2 Å². The molecular formula is C13H19Cl2N3O. The van der Waals surface area contributed by atoms with E-state index in [1.807, 2.05) is 17.0 Å². The number of fused-ring (bicyclic) bond motifs is 1. The number of amides is 1. The number of rotatable bonds is 2. The highest BCUT2D eigenvalue weighted by Crippen LogP contribution is 2.23. The molecule has 0 aliphatic carbocycles. The van der Waals surface area contributed by atoms with Crippen molar-refractivity contribution in [2.75, 3.05) is 19.6 Å². The van der Waals surface area contributed by atoms with Crippen molar-refractivity contribution >= 4 is 30.7 Å². The zero-order valence-electron chi connectivity index (χ0n) is 10.7. The van der Waals surface area contributed by atoms with Crippen LogP contribution in [0, 0.1) is 5.92 Å². The molecule has 4 nitrogen and oxygen atoms in total. The highest BCUT2D eigenvalue weighted by Gasteiger charge is 2.29. The van der Waals surface area contributed by atoms with Crippen molar-refractivity contribution in [2.24, 2.45) is 5.92 Å². The van der Waals surface area contributed by atoms with Crippen LogP contribution >= 0.6 is 24.8 Å². The molecule has 1 N–H and O–H groups in total. The Morgan fingerprint density at radius 2 is 2.05 bits per heavy atom. The molecule has 106 valence electrons.